The minimum absolute atomic E-state index is 0.215. The highest BCUT2D eigenvalue weighted by Gasteiger charge is 2.33. The number of amides is 6. The molecule has 0 aliphatic heterocycles. The average molecular weight is 694 g/mol. The van der Waals surface area contributed by atoms with Gasteiger partial charge in [0.2, 0.25) is 35.4 Å². The predicted octanol–water partition coefficient (Wildman–Crippen LogP) is -4.72. The standard InChI is InChI=1S/C25H39N7O14S/c1-10(28-23(43)13(8-18(36)37)31-21(41)11(26)5-6-47-2)20(40)30-14(9-19(38)39)24(44)29-12(3-4-17(34)35)22(42)32-15(25(45)46)7-16(27)33/h10-15H,3-9,26H2,1-2H3,(H2,27,33)(H,28,43)(H,29,44)(H,30,40)(H,31,41)(H,32,42)(H,34,35)(H,36,37)(H,38,39)(H,45,46)/t10-,11-,12-,13-,14-,15-/m0/s1. The molecule has 0 unspecified atom stereocenters. The van der Waals surface area contributed by atoms with Crippen LogP contribution in [-0.2, 0) is 47.9 Å². The van der Waals surface area contributed by atoms with Crippen molar-refractivity contribution in [2.75, 3.05) is 12.0 Å². The van der Waals surface area contributed by atoms with Crippen molar-refractivity contribution in [1.29, 1.82) is 0 Å². The number of nitrogens with two attached hydrogens (primary N) is 2. The monoisotopic (exact) mass is 693 g/mol. The molecule has 0 fully saturated rings. The number of hydrogen-bond donors (Lipinski definition) is 11. The van der Waals surface area contributed by atoms with Crippen molar-refractivity contribution in [3.05, 3.63) is 0 Å². The van der Waals surface area contributed by atoms with Crippen LogP contribution in [0.2, 0.25) is 0 Å². The van der Waals surface area contributed by atoms with Crippen molar-refractivity contribution in [3.63, 3.8) is 0 Å². The van der Waals surface area contributed by atoms with Crippen LogP contribution in [0.25, 0.3) is 0 Å². The largest absolute Gasteiger partial charge is 0.481 e. The van der Waals surface area contributed by atoms with Gasteiger partial charge in [0, 0.05) is 6.42 Å². The highest BCUT2D eigenvalue weighted by atomic mass is 32.2. The van der Waals surface area contributed by atoms with Gasteiger partial charge in [-0.1, -0.05) is 0 Å². The quantitative estimate of drug-likeness (QED) is 0.0479. The molecular weight excluding hydrogens is 654 g/mol. The predicted molar refractivity (Wildman–Crippen MR) is 159 cm³/mol. The Balaban J connectivity index is 5.82. The van der Waals surface area contributed by atoms with E-state index in [2.05, 4.69) is 10.6 Å². The second-order valence-corrected chi connectivity index (χ2v) is 11.0. The Labute approximate surface area is 271 Å². The summed E-state index contributed by atoms with van der Waals surface area (Å²) in [6, 6.07) is -9.88. The van der Waals surface area contributed by atoms with Crippen LogP contribution in [0.5, 0.6) is 0 Å². The third kappa shape index (κ3) is 17.3. The maximum atomic E-state index is 13.0. The van der Waals surface area contributed by atoms with Crippen LogP contribution in [0, 0.1) is 0 Å². The Kier molecular flexibility index (Phi) is 18.7. The van der Waals surface area contributed by atoms with E-state index in [1.165, 1.54) is 11.8 Å². The Morgan fingerprint density at radius 2 is 1.04 bits per heavy atom. The van der Waals surface area contributed by atoms with Crippen LogP contribution in [0.4, 0.5) is 0 Å². The maximum absolute atomic E-state index is 13.0. The van der Waals surface area contributed by atoms with E-state index in [4.69, 9.17) is 16.6 Å². The fraction of sp³-hybridized carbons (Fsp3) is 0.600. The summed E-state index contributed by atoms with van der Waals surface area (Å²) in [6.07, 6.45) is -2.22. The smallest absolute Gasteiger partial charge is 0.326 e. The summed E-state index contributed by atoms with van der Waals surface area (Å²) in [4.78, 5) is 120. The lowest BCUT2D eigenvalue weighted by molar-refractivity contribution is -0.144. The molecule has 47 heavy (non-hydrogen) atoms. The number of carbonyl (C=O) groups is 10. The van der Waals surface area contributed by atoms with E-state index >= 15 is 0 Å². The number of carbonyl (C=O) groups excluding carboxylic acids is 6. The van der Waals surface area contributed by atoms with E-state index in [-0.39, 0.29) is 6.42 Å². The summed E-state index contributed by atoms with van der Waals surface area (Å²) in [5.74, 6) is -12.6. The van der Waals surface area contributed by atoms with Crippen LogP contribution >= 0.6 is 11.8 Å². The normalized spacial score (nSPS) is 14.4. The summed E-state index contributed by atoms with van der Waals surface area (Å²) in [7, 11) is 0. The number of carboxylic acid groups (broad SMARTS) is 4. The van der Waals surface area contributed by atoms with Gasteiger partial charge in [-0.25, -0.2) is 4.79 Å². The molecule has 0 saturated carbocycles. The van der Waals surface area contributed by atoms with Crippen molar-refractivity contribution in [3.8, 4) is 0 Å². The summed E-state index contributed by atoms with van der Waals surface area (Å²) in [5, 5.41) is 47.0. The first kappa shape index (κ1) is 42.0. The van der Waals surface area contributed by atoms with Crippen molar-refractivity contribution in [1.82, 2.24) is 26.6 Å². The van der Waals surface area contributed by atoms with E-state index in [0.717, 1.165) is 6.92 Å². The van der Waals surface area contributed by atoms with Gasteiger partial charge in [0.25, 0.3) is 0 Å². The molecule has 0 aromatic rings. The number of nitrogens with one attached hydrogen (secondary N) is 5. The molecule has 0 saturated heterocycles. The molecular formula is C25H39N7O14S. The zero-order valence-electron chi connectivity index (χ0n) is 25.3. The first-order chi connectivity index (χ1) is 21.8. The lowest BCUT2D eigenvalue weighted by Gasteiger charge is -2.25. The van der Waals surface area contributed by atoms with E-state index in [1.54, 1.807) is 6.26 Å². The third-order valence-electron chi connectivity index (χ3n) is 6.04. The highest BCUT2D eigenvalue weighted by molar-refractivity contribution is 7.98. The van der Waals surface area contributed by atoms with Crippen molar-refractivity contribution in [2.45, 2.75) is 81.7 Å². The number of primary amides is 1. The van der Waals surface area contributed by atoms with Gasteiger partial charge in [-0.3, -0.25) is 43.2 Å². The second-order valence-electron chi connectivity index (χ2n) is 10.00. The molecule has 13 N–H and O–H groups in total. The van der Waals surface area contributed by atoms with Gasteiger partial charge in [-0.15, -0.1) is 0 Å². The fourth-order valence-electron chi connectivity index (χ4n) is 3.58. The summed E-state index contributed by atoms with van der Waals surface area (Å²) < 4.78 is 0. The molecule has 6 amide bonds. The molecule has 264 valence electrons. The Hall–Kier alpha value is -4.99. The highest BCUT2D eigenvalue weighted by Crippen LogP contribution is 2.05. The molecule has 0 spiro atoms. The van der Waals surface area contributed by atoms with Crippen LogP contribution in [-0.4, -0.2) is 128 Å². The van der Waals surface area contributed by atoms with Crippen molar-refractivity contribution in [2.24, 2.45) is 11.5 Å². The molecule has 22 heteroatoms. The average Bonchev–Trinajstić information content (AvgIpc) is 2.95. The van der Waals surface area contributed by atoms with Gasteiger partial charge in [0.1, 0.15) is 30.2 Å². The van der Waals surface area contributed by atoms with Gasteiger partial charge in [-0.2, -0.15) is 11.8 Å². The van der Waals surface area contributed by atoms with Crippen LogP contribution < -0.4 is 38.1 Å². The summed E-state index contributed by atoms with van der Waals surface area (Å²) >= 11 is 1.39. The van der Waals surface area contributed by atoms with Crippen LogP contribution in [0.1, 0.15) is 45.4 Å². The number of carboxylic acids is 4. The van der Waals surface area contributed by atoms with Crippen LogP contribution in [0.15, 0.2) is 0 Å². The minimum Gasteiger partial charge on any atom is -0.481 e. The van der Waals surface area contributed by atoms with E-state index in [0.29, 0.717) is 5.75 Å². The summed E-state index contributed by atoms with van der Waals surface area (Å²) in [6.45, 7) is 1.08. The van der Waals surface area contributed by atoms with Gasteiger partial charge >= 0.3 is 23.9 Å². The third-order valence-corrected chi connectivity index (χ3v) is 6.69. The SMILES string of the molecule is CSCC[C@H](N)C(=O)N[C@@H](CC(=O)O)C(=O)N[C@@H](C)C(=O)N[C@@H](CC(=O)O)C(=O)N[C@@H](CCC(=O)O)C(=O)N[C@@H](CC(N)=O)C(=O)O. The van der Waals surface area contributed by atoms with Gasteiger partial charge < -0.3 is 58.5 Å². The number of rotatable bonds is 23. The van der Waals surface area contributed by atoms with Crippen molar-refractivity contribution >= 4 is 71.1 Å². The lowest BCUT2D eigenvalue weighted by atomic mass is 10.1. The molecule has 0 aliphatic rings. The first-order valence-corrected chi connectivity index (χ1v) is 15.1. The number of thioether (sulfide) groups is 1. The molecule has 0 aromatic heterocycles. The molecule has 0 rings (SSSR count). The molecule has 0 bridgehead atoms. The van der Waals surface area contributed by atoms with Gasteiger partial charge in [-0.05, 0) is 31.8 Å². The number of hydrogen-bond acceptors (Lipinski definition) is 12. The summed E-state index contributed by atoms with van der Waals surface area (Å²) in [5.41, 5.74) is 10.7. The molecule has 0 aromatic carbocycles. The Morgan fingerprint density at radius 3 is 1.49 bits per heavy atom. The first-order valence-electron chi connectivity index (χ1n) is 13.7. The zero-order chi connectivity index (χ0) is 36.4. The topological polar surface area (TPSA) is 364 Å². The van der Waals surface area contributed by atoms with Gasteiger partial charge in [0.15, 0.2) is 0 Å². The minimum atomic E-state index is -1.94. The molecule has 0 aliphatic carbocycles. The zero-order valence-corrected chi connectivity index (χ0v) is 26.2. The maximum Gasteiger partial charge on any atom is 0.326 e. The lowest BCUT2D eigenvalue weighted by Crippen LogP contribution is -2.59. The second kappa shape index (κ2) is 20.9. The molecule has 0 radical (unpaired) electrons. The Bertz CT molecular complexity index is 1220. The van der Waals surface area contributed by atoms with E-state index in [9.17, 15) is 63.3 Å². The van der Waals surface area contributed by atoms with Crippen molar-refractivity contribution < 1.29 is 68.4 Å². The number of aliphatic carboxylic acids is 4. The van der Waals surface area contributed by atoms with Crippen LogP contribution in [0.3, 0.4) is 0 Å². The van der Waals surface area contributed by atoms with E-state index < -0.39 is 128 Å². The van der Waals surface area contributed by atoms with Gasteiger partial charge in [0.05, 0.1) is 25.3 Å². The molecule has 21 nitrogen and oxygen atoms in total. The van der Waals surface area contributed by atoms with E-state index in [1.807, 2.05) is 16.0 Å². The molecule has 0 heterocycles. The Morgan fingerprint density at radius 1 is 0.596 bits per heavy atom. The fourth-order valence-corrected chi connectivity index (χ4v) is 4.07. The molecule has 6 atom stereocenters.